The summed E-state index contributed by atoms with van der Waals surface area (Å²) >= 11 is 0. The molecule has 0 bridgehead atoms. The Morgan fingerprint density at radius 1 is 1.15 bits per heavy atom. The predicted octanol–water partition coefficient (Wildman–Crippen LogP) is 1.95. The Labute approximate surface area is 151 Å². The van der Waals surface area contributed by atoms with Crippen molar-refractivity contribution in [3.8, 4) is 0 Å². The van der Waals surface area contributed by atoms with Crippen LogP contribution in [0.4, 0.5) is 4.79 Å². The number of amides is 2. The van der Waals surface area contributed by atoms with Gasteiger partial charge in [0.2, 0.25) is 0 Å². The van der Waals surface area contributed by atoms with Gasteiger partial charge in [0.1, 0.15) is 0 Å². The maximum atomic E-state index is 12.5. The average Bonchev–Trinajstić information content (AvgIpc) is 2.63. The van der Waals surface area contributed by atoms with E-state index in [1.165, 1.54) is 15.5 Å². The number of rotatable bonds is 7. The number of aliphatic carboxylic acids is 1. The highest BCUT2D eigenvalue weighted by Gasteiger charge is 2.21. The number of carboxylic acids is 1. The first-order valence-corrected chi connectivity index (χ1v) is 8.33. The number of nitrogens with one attached hydrogen (secondary N) is 1. The fourth-order valence-corrected chi connectivity index (χ4v) is 2.56. The van der Waals surface area contributed by atoms with Crippen molar-refractivity contribution in [1.29, 1.82) is 0 Å². The molecule has 0 saturated heterocycles. The van der Waals surface area contributed by atoms with Gasteiger partial charge in [-0.15, -0.1) is 0 Å². The molecule has 0 aliphatic heterocycles. The highest BCUT2D eigenvalue weighted by Crippen LogP contribution is 2.15. The van der Waals surface area contributed by atoms with E-state index in [4.69, 9.17) is 5.11 Å². The number of carboxylic acid groups (broad SMARTS) is 1. The van der Waals surface area contributed by atoms with Gasteiger partial charge in [-0.3, -0.25) is 9.59 Å². The number of pyridine rings is 1. The maximum Gasteiger partial charge on any atom is 0.317 e. The van der Waals surface area contributed by atoms with Crippen molar-refractivity contribution in [3.05, 3.63) is 70.6 Å². The summed E-state index contributed by atoms with van der Waals surface area (Å²) in [5.41, 5.74) is 0.701. The number of urea groups is 1. The number of nitrogens with zero attached hydrogens (tertiary/aromatic N) is 2. The Kier molecular flexibility index (Phi) is 6.54. The molecule has 2 unspecified atom stereocenters. The third-order valence-corrected chi connectivity index (χ3v) is 4.09. The van der Waals surface area contributed by atoms with E-state index in [1.807, 2.05) is 30.3 Å². The first-order valence-electron chi connectivity index (χ1n) is 8.33. The van der Waals surface area contributed by atoms with Crippen molar-refractivity contribution in [2.45, 2.75) is 19.5 Å². The zero-order valence-electron chi connectivity index (χ0n) is 14.8. The lowest BCUT2D eigenvalue weighted by atomic mass is 10.1. The van der Waals surface area contributed by atoms with Crippen LogP contribution >= 0.6 is 0 Å². The normalized spacial score (nSPS) is 12.8. The smallest absolute Gasteiger partial charge is 0.317 e. The zero-order valence-corrected chi connectivity index (χ0v) is 14.8. The second-order valence-electron chi connectivity index (χ2n) is 6.22. The summed E-state index contributed by atoms with van der Waals surface area (Å²) in [5, 5.41) is 11.9. The molecular formula is C19H23N3O4. The number of hydrogen-bond donors (Lipinski definition) is 2. The number of aromatic nitrogens is 1. The average molecular weight is 357 g/mol. The fraction of sp³-hybridized carbons (Fsp3) is 0.316. The summed E-state index contributed by atoms with van der Waals surface area (Å²) < 4.78 is 1.53. The lowest BCUT2D eigenvalue weighted by Gasteiger charge is -2.25. The third kappa shape index (κ3) is 5.20. The molecule has 1 heterocycles. The first kappa shape index (κ1) is 19.2. The van der Waals surface area contributed by atoms with Gasteiger partial charge >= 0.3 is 12.0 Å². The summed E-state index contributed by atoms with van der Waals surface area (Å²) in [4.78, 5) is 36.8. The van der Waals surface area contributed by atoms with Crippen molar-refractivity contribution < 1.29 is 14.7 Å². The molecule has 2 N–H and O–H groups in total. The van der Waals surface area contributed by atoms with Gasteiger partial charge in [0.15, 0.2) is 0 Å². The van der Waals surface area contributed by atoms with Gasteiger partial charge in [-0.05, 0) is 11.6 Å². The molecule has 0 radical (unpaired) electrons. The van der Waals surface area contributed by atoms with Crippen molar-refractivity contribution in [1.82, 2.24) is 14.8 Å². The lowest BCUT2D eigenvalue weighted by molar-refractivity contribution is -0.141. The van der Waals surface area contributed by atoms with Gasteiger partial charge < -0.3 is 19.9 Å². The summed E-state index contributed by atoms with van der Waals surface area (Å²) in [5.74, 6) is -1.63. The Morgan fingerprint density at radius 2 is 1.81 bits per heavy atom. The molecule has 0 aliphatic rings. The fourth-order valence-electron chi connectivity index (χ4n) is 2.56. The topological polar surface area (TPSA) is 91.6 Å². The van der Waals surface area contributed by atoms with Crippen molar-refractivity contribution in [3.63, 3.8) is 0 Å². The number of carbonyl (C=O) groups is 2. The molecule has 1 aromatic heterocycles. The minimum absolute atomic E-state index is 0.0912. The molecule has 1 aromatic carbocycles. The molecule has 7 heteroatoms. The SMILES string of the molecule is CC(CN(C)C(=O)NC(Cn1ccccc1=O)c1ccccc1)C(=O)O. The summed E-state index contributed by atoms with van der Waals surface area (Å²) in [7, 11) is 1.55. The van der Waals surface area contributed by atoms with Gasteiger partial charge in [-0.25, -0.2) is 4.79 Å². The van der Waals surface area contributed by atoms with Crippen molar-refractivity contribution in [2.75, 3.05) is 13.6 Å². The quantitative estimate of drug-likeness (QED) is 0.792. The molecule has 0 spiro atoms. The van der Waals surface area contributed by atoms with Gasteiger partial charge in [0.05, 0.1) is 18.5 Å². The summed E-state index contributed by atoms with van der Waals surface area (Å²) in [6.07, 6.45) is 1.67. The van der Waals surface area contributed by atoms with Crippen LogP contribution in [0.25, 0.3) is 0 Å². The molecule has 138 valence electrons. The summed E-state index contributed by atoms with van der Waals surface area (Å²) in [6, 6.07) is 13.4. The Morgan fingerprint density at radius 3 is 2.42 bits per heavy atom. The Balaban J connectivity index is 2.17. The third-order valence-electron chi connectivity index (χ3n) is 4.09. The van der Waals surface area contributed by atoms with Crippen LogP contribution in [0.3, 0.4) is 0 Å². The van der Waals surface area contributed by atoms with E-state index in [1.54, 1.807) is 32.3 Å². The minimum Gasteiger partial charge on any atom is -0.481 e. The highest BCUT2D eigenvalue weighted by molar-refractivity contribution is 5.76. The highest BCUT2D eigenvalue weighted by atomic mass is 16.4. The van der Waals surface area contributed by atoms with E-state index >= 15 is 0 Å². The monoisotopic (exact) mass is 357 g/mol. The summed E-state index contributed by atoms with van der Waals surface area (Å²) in [6.45, 7) is 1.91. The standard InChI is InChI=1S/C19H23N3O4/c1-14(18(24)25)12-21(2)19(26)20-16(15-8-4-3-5-9-15)13-22-11-7-6-10-17(22)23/h3-11,14,16H,12-13H2,1-2H3,(H,20,26)(H,24,25). The molecule has 2 rings (SSSR count). The predicted molar refractivity (Wildman–Crippen MR) is 97.8 cm³/mol. The largest absolute Gasteiger partial charge is 0.481 e. The molecule has 2 amide bonds. The molecule has 26 heavy (non-hydrogen) atoms. The van der Waals surface area contributed by atoms with Crippen LogP contribution in [-0.2, 0) is 11.3 Å². The molecular weight excluding hydrogens is 334 g/mol. The minimum atomic E-state index is -0.958. The molecule has 2 atom stereocenters. The van der Waals surface area contributed by atoms with Gasteiger partial charge in [-0.2, -0.15) is 0 Å². The Hall–Kier alpha value is -3.09. The lowest BCUT2D eigenvalue weighted by Crippen LogP contribution is -2.43. The molecule has 0 fully saturated rings. The van der Waals surface area contributed by atoms with Crippen LogP contribution in [0, 0.1) is 5.92 Å². The van der Waals surface area contributed by atoms with E-state index < -0.39 is 24.0 Å². The molecule has 0 aliphatic carbocycles. The first-order chi connectivity index (χ1) is 12.4. The van der Waals surface area contributed by atoms with E-state index in [0.29, 0.717) is 0 Å². The van der Waals surface area contributed by atoms with Crippen LogP contribution in [0.5, 0.6) is 0 Å². The second kappa shape index (κ2) is 8.84. The van der Waals surface area contributed by atoms with Crippen LogP contribution < -0.4 is 10.9 Å². The molecule has 7 nitrogen and oxygen atoms in total. The van der Waals surface area contributed by atoms with E-state index in [9.17, 15) is 14.4 Å². The van der Waals surface area contributed by atoms with Crippen molar-refractivity contribution in [2.24, 2.45) is 5.92 Å². The van der Waals surface area contributed by atoms with Gasteiger partial charge in [0.25, 0.3) is 5.56 Å². The van der Waals surface area contributed by atoms with Crippen LogP contribution in [0.2, 0.25) is 0 Å². The Bertz CT molecular complexity index is 804. The number of carbonyl (C=O) groups excluding carboxylic acids is 1. The number of hydrogen-bond acceptors (Lipinski definition) is 3. The number of benzene rings is 1. The molecule has 2 aromatic rings. The van der Waals surface area contributed by atoms with E-state index in [0.717, 1.165) is 5.56 Å². The van der Waals surface area contributed by atoms with Crippen LogP contribution in [-0.4, -0.2) is 40.2 Å². The van der Waals surface area contributed by atoms with Gasteiger partial charge in [-0.1, -0.05) is 43.3 Å². The van der Waals surface area contributed by atoms with Crippen LogP contribution in [0.15, 0.2) is 59.5 Å². The van der Waals surface area contributed by atoms with Crippen LogP contribution in [0.1, 0.15) is 18.5 Å². The van der Waals surface area contributed by atoms with E-state index in [2.05, 4.69) is 5.32 Å². The molecule has 0 saturated carbocycles. The van der Waals surface area contributed by atoms with Crippen molar-refractivity contribution >= 4 is 12.0 Å². The van der Waals surface area contributed by atoms with E-state index in [-0.39, 0.29) is 18.6 Å². The second-order valence-corrected chi connectivity index (χ2v) is 6.22. The maximum absolute atomic E-state index is 12.5. The van der Waals surface area contributed by atoms with Gasteiger partial charge in [0, 0.05) is 25.9 Å². The zero-order chi connectivity index (χ0) is 19.1.